The number of likely N-dealkylation sites (N-methyl/N-ethyl adjacent to an activating group) is 1. The highest BCUT2D eigenvalue weighted by atomic mass is 32.1. The normalized spacial score (nSPS) is 10.6. The highest BCUT2D eigenvalue weighted by Crippen LogP contribution is 2.11. The fourth-order valence-corrected chi connectivity index (χ4v) is 2.45. The van der Waals surface area contributed by atoms with Gasteiger partial charge in [0.15, 0.2) is 0 Å². The Kier molecular flexibility index (Phi) is 5.98. The molecule has 1 aromatic heterocycles. The molecule has 0 radical (unpaired) electrons. The quantitative estimate of drug-likeness (QED) is 0.849. The Morgan fingerprint density at radius 2 is 2.11 bits per heavy atom. The van der Waals surface area contributed by atoms with Gasteiger partial charge in [0.1, 0.15) is 0 Å². The van der Waals surface area contributed by atoms with Crippen LogP contribution in [0.5, 0.6) is 0 Å². The minimum Gasteiger partial charge on any atom is -0.395 e. The topological polar surface area (TPSA) is 60.9 Å². The molecule has 19 heavy (non-hydrogen) atoms. The second-order valence-corrected chi connectivity index (χ2v) is 5.49. The van der Waals surface area contributed by atoms with Gasteiger partial charge in [-0.1, -0.05) is 6.07 Å². The first kappa shape index (κ1) is 15.7. The number of rotatable bonds is 6. The summed E-state index contributed by atoms with van der Waals surface area (Å²) in [4.78, 5) is 27.7. The van der Waals surface area contributed by atoms with Crippen LogP contribution in [0.3, 0.4) is 0 Å². The molecule has 6 heteroatoms. The SMILES string of the molecule is CC(C)N(CCO)C(=O)CN(C)C(=O)c1cccs1. The number of aliphatic hydroxyl groups excluding tert-OH is 1. The van der Waals surface area contributed by atoms with Gasteiger partial charge >= 0.3 is 0 Å². The first-order valence-corrected chi connectivity index (χ1v) is 7.04. The molecule has 0 aliphatic carbocycles. The van der Waals surface area contributed by atoms with E-state index in [1.165, 1.54) is 16.2 Å². The van der Waals surface area contributed by atoms with E-state index < -0.39 is 0 Å². The molecule has 0 aliphatic rings. The van der Waals surface area contributed by atoms with Crippen LogP contribution >= 0.6 is 11.3 Å². The van der Waals surface area contributed by atoms with Crippen molar-refractivity contribution in [2.24, 2.45) is 0 Å². The first-order chi connectivity index (χ1) is 8.97. The van der Waals surface area contributed by atoms with Crippen LogP contribution < -0.4 is 0 Å². The summed E-state index contributed by atoms with van der Waals surface area (Å²) in [7, 11) is 1.61. The standard InChI is InChI=1S/C13H20N2O3S/c1-10(2)15(6-7-16)12(17)9-14(3)13(18)11-5-4-8-19-11/h4-5,8,10,16H,6-7,9H2,1-3H3. The van der Waals surface area contributed by atoms with Crippen LogP contribution in [-0.2, 0) is 4.79 Å². The summed E-state index contributed by atoms with van der Waals surface area (Å²) in [5.74, 6) is -0.312. The third-order valence-electron chi connectivity index (χ3n) is 2.74. The average Bonchev–Trinajstić information content (AvgIpc) is 2.87. The van der Waals surface area contributed by atoms with E-state index >= 15 is 0 Å². The zero-order valence-corrected chi connectivity index (χ0v) is 12.3. The maximum Gasteiger partial charge on any atom is 0.264 e. The largest absolute Gasteiger partial charge is 0.395 e. The van der Waals surface area contributed by atoms with Crippen molar-refractivity contribution in [2.45, 2.75) is 19.9 Å². The van der Waals surface area contributed by atoms with E-state index in [1.54, 1.807) is 24.1 Å². The molecule has 0 spiro atoms. The summed E-state index contributed by atoms with van der Waals surface area (Å²) in [5.41, 5.74) is 0. The van der Waals surface area contributed by atoms with Crippen molar-refractivity contribution in [3.8, 4) is 0 Å². The lowest BCUT2D eigenvalue weighted by atomic mass is 10.3. The lowest BCUT2D eigenvalue weighted by molar-refractivity contribution is -0.133. The molecule has 5 nitrogen and oxygen atoms in total. The van der Waals surface area contributed by atoms with Crippen molar-refractivity contribution in [3.63, 3.8) is 0 Å². The van der Waals surface area contributed by atoms with Crippen molar-refractivity contribution in [2.75, 3.05) is 26.7 Å². The Morgan fingerprint density at radius 1 is 1.42 bits per heavy atom. The molecule has 2 amide bonds. The van der Waals surface area contributed by atoms with Crippen molar-refractivity contribution in [1.29, 1.82) is 0 Å². The summed E-state index contributed by atoms with van der Waals surface area (Å²) in [6.07, 6.45) is 0. The lowest BCUT2D eigenvalue weighted by Crippen LogP contribution is -2.45. The molecule has 0 bridgehead atoms. The molecule has 0 atom stereocenters. The second kappa shape index (κ2) is 7.25. The van der Waals surface area contributed by atoms with E-state index in [-0.39, 0.29) is 37.6 Å². The van der Waals surface area contributed by atoms with Gasteiger partial charge in [-0.05, 0) is 25.3 Å². The molecule has 0 unspecified atom stereocenters. The highest BCUT2D eigenvalue weighted by Gasteiger charge is 2.21. The van der Waals surface area contributed by atoms with Gasteiger partial charge in [0.2, 0.25) is 5.91 Å². The maximum absolute atomic E-state index is 12.1. The fraction of sp³-hybridized carbons (Fsp3) is 0.538. The predicted octanol–water partition coefficient (Wildman–Crippen LogP) is 1.05. The van der Waals surface area contributed by atoms with Crippen LogP contribution in [0.25, 0.3) is 0 Å². The van der Waals surface area contributed by atoms with Crippen molar-refractivity contribution in [1.82, 2.24) is 9.80 Å². The van der Waals surface area contributed by atoms with Gasteiger partial charge in [-0.3, -0.25) is 9.59 Å². The smallest absolute Gasteiger partial charge is 0.264 e. The molecule has 1 aromatic rings. The van der Waals surface area contributed by atoms with Gasteiger partial charge in [0, 0.05) is 19.6 Å². The number of aliphatic hydroxyl groups is 1. The molecule has 0 aromatic carbocycles. The first-order valence-electron chi connectivity index (χ1n) is 6.16. The van der Waals surface area contributed by atoms with E-state index in [9.17, 15) is 9.59 Å². The summed E-state index contributed by atoms with van der Waals surface area (Å²) >= 11 is 1.36. The summed E-state index contributed by atoms with van der Waals surface area (Å²) < 4.78 is 0. The maximum atomic E-state index is 12.1. The Hall–Kier alpha value is -1.40. The monoisotopic (exact) mass is 284 g/mol. The van der Waals surface area contributed by atoms with Gasteiger partial charge in [0.05, 0.1) is 18.0 Å². The van der Waals surface area contributed by atoms with E-state index in [0.717, 1.165) is 0 Å². The summed E-state index contributed by atoms with van der Waals surface area (Å²) in [5, 5.41) is 10.8. The number of carbonyl (C=O) groups excluding carboxylic acids is 2. The molecule has 1 heterocycles. The van der Waals surface area contributed by atoms with Gasteiger partial charge < -0.3 is 14.9 Å². The number of nitrogens with zero attached hydrogens (tertiary/aromatic N) is 2. The number of thiophene rings is 1. The minimum atomic E-state index is -0.156. The Bertz CT molecular complexity index is 418. The van der Waals surface area contributed by atoms with Crippen LogP contribution in [0.1, 0.15) is 23.5 Å². The zero-order chi connectivity index (χ0) is 14.4. The van der Waals surface area contributed by atoms with Gasteiger partial charge in [-0.2, -0.15) is 0 Å². The number of carbonyl (C=O) groups is 2. The molecule has 1 rings (SSSR count). The van der Waals surface area contributed by atoms with Crippen LogP contribution in [-0.4, -0.2) is 59.5 Å². The van der Waals surface area contributed by atoms with E-state index in [1.807, 2.05) is 19.2 Å². The molecule has 1 N–H and O–H groups in total. The summed E-state index contributed by atoms with van der Waals surface area (Å²) in [6.45, 7) is 4.00. The van der Waals surface area contributed by atoms with Crippen molar-refractivity contribution < 1.29 is 14.7 Å². The predicted molar refractivity (Wildman–Crippen MR) is 75.2 cm³/mol. The molecule has 0 aliphatic heterocycles. The van der Waals surface area contributed by atoms with Crippen LogP contribution in [0.4, 0.5) is 0 Å². The fourth-order valence-electron chi connectivity index (χ4n) is 1.73. The van der Waals surface area contributed by atoms with Gasteiger partial charge in [0.25, 0.3) is 5.91 Å². The molecule has 106 valence electrons. The Balaban J connectivity index is 2.62. The lowest BCUT2D eigenvalue weighted by Gasteiger charge is -2.28. The van der Waals surface area contributed by atoms with E-state index in [2.05, 4.69) is 0 Å². The van der Waals surface area contributed by atoms with Gasteiger partial charge in [-0.15, -0.1) is 11.3 Å². The Morgan fingerprint density at radius 3 is 2.58 bits per heavy atom. The minimum absolute atomic E-state index is 0.00453. The van der Waals surface area contributed by atoms with Crippen molar-refractivity contribution in [3.05, 3.63) is 22.4 Å². The Labute approximate surface area is 117 Å². The van der Waals surface area contributed by atoms with E-state index in [0.29, 0.717) is 4.88 Å². The zero-order valence-electron chi connectivity index (χ0n) is 11.5. The van der Waals surface area contributed by atoms with Crippen LogP contribution in [0.15, 0.2) is 17.5 Å². The van der Waals surface area contributed by atoms with Gasteiger partial charge in [-0.25, -0.2) is 0 Å². The molecular formula is C13H20N2O3S. The number of hydrogen-bond acceptors (Lipinski definition) is 4. The number of amides is 2. The van der Waals surface area contributed by atoms with Crippen molar-refractivity contribution >= 4 is 23.2 Å². The van der Waals surface area contributed by atoms with Crippen LogP contribution in [0.2, 0.25) is 0 Å². The molecular weight excluding hydrogens is 264 g/mol. The summed E-state index contributed by atoms with van der Waals surface area (Å²) in [6, 6.07) is 3.55. The average molecular weight is 284 g/mol. The third kappa shape index (κ3) is 4.33. The molecule has 0 fully saturated rings. The van der Waals surface area contributed by atoms with Crippen LogP contribution in [0, 0.1) is 0 Å². The highest BCUT2D eigenvalue weighted by molar-refractivity contribution is 7.12. The molecule has 0 saturated carbocycles. The third-order valence-corrected chi connectivity index (χ3v) is 3.59. The second-order valence-electron chi connectivity index (χ2n) is 4.54. The molecule has 0 saturated heterocycles. The van der Waals surface area contributed by atoms with E-state index in [4.69, 9.17) is 5.11 Å². The number of hydrogen-bond donors (Lipinski definition) is 1.